The predicted octanol–water partition coefficient (Wildman–Crippen LogP) is 0.678. The maximum atomic E-state index is 10.9. The predicted molar refractivity (Wildman–Crippen MR) is 59.0 cm³/mol. The van der Waals surface area contributed by atoms with Crippen molar-refractivity contribution < 1.29 is 9.90 Å². The fraction of sp³-hybridized carbons (Fsp3) is 0.636. The van der Waals surface area contributed by atoms with Crippen LogP contribution in [-0.2, 0) is 11.3 Å². The van der Waals surface area contributed by atoms with Crippen LogP contribution < -0.4 is 0 Å². The van der Waals surface area contributed by atoms with Crippen molar-refractivity contribution in [2.75, 3.05) is 13.1 Å². The molecule has 0 aliphatic carbocycles. The lowest BCUT2D eigenvalue weighted by Gasteiger charge is -2.22. The highest BCUT2D eigenvalue weighted by molar-refractivity contribution is 5.71. The molecule has 88 valence electrons. The third-order valence-corrected chi connectivity index (χ3v) is 3.41. The topological polar surface area (TPSA) is 58.4 Å². The van der Waals surface area contributed by atoms with Gasteiger partial charge in [0.05, 0.1) is 12.2 Å². The normalized spacial score (nSPS) is 26.1. The second-order valence-electron chi connectivity index (χ2n) is 4.31. The number of carbonyl (C=O) groups is 1. The van der Waals surface area contributed by atoms with Crippen LogP contribution in [0.3, 0.4) is 0 Å². The quantitative estimate of drug-likeness (QED) is 0.815. The van der Waals surface area contributed by atoms with Gasteiger partial charge in [-0.1, -0.05) is 0 Å². The first-order chi connectivity index (χ1) is 7.68. The molecule has 2 unspecified atom stereocenters. The number of aliphatic carboxylic acids is 1. The molecule has 1 aliphatic heterocycles. The summed E-state index contributed by atoms with van der Waals surface area (Å²) in [5.41, 5.74) is 0. The van der Waals surface area contributed by atoms with Crippen molar-refractivity contribution >= 4 is 5.97 Å². The lowest BCUT2D eigenvalue weighted by Crippen LogP contribution is -2.35. The zero-order valence-corrected chi connectivity index (χ0v) is 9.41. The van der Waals surface area contributed by atoms with Crippen molar-refractivity contribution in [2.45, 2.75) is 25.9 Å². The summed E-state index contributed by atoms with van der Waals surface area (Å²) in [6, 6.07) is 0.140. The number of carboxylic acids is 1. The molecule has 1 aromatic rings. The third-order valence-electron chi connectivity index (χ3n) is 3.41. The van der Waals surface area contributed by atoms with Gasteiger partial charge in [-0.15, -0.1) is 0 Å². The summed E-state index contributed by atoms with van der Waals surface area (Å²) in [5, 5.41) is 9.01. The number of likely N-dealkylation sites (tertiary alicyclic amines) is 1. The second-order valence-corrected chi connectivity index (χ2v) is 4.31. The Balaban J connectivity index is 1.85. The highest BCUT2D eigenvalue weighted by Crippen LogP contribution is 2.23. The van der Waals surface area contributed by atoms with Crippen LogP contribution in [0.15, 0.2) is 18.7 Å². The number of aromatic nitrogens is 2. The first kappa shape index (κ1) is 11.1. The van der Waals surface area contributed by atoms with Gasteiger partial charge in [-0.05, 0) is 19.9 Å². The molecule has 0 aromatic carbocycles. The third kappa shape index (κ3) is 2.24. The van der Waals surface area contributed by atoms with Crippen molar-refractivity contribution in [3.05, 3.63) is 18.7 Å². The molecule has 2 rings (SSSR count). The number of rotatable bonds is 4. The average molecular weight is 223 g/mol. The molecular formula is C11H17N3O2. The van der Waals surface area contributed by atoms with E-state index in [0.29, 0.717) is 0 Å². The summed E-state index contributed by atoms with van der Waals surface area (Å²) in [5.74, 6) is -0.875. The lowest BCUT2D eigenvalue weighted by molar-refractivity contribution is -0.142. The average Bonchev–Trinajstić information content (AvgIpc) is 2.84. The number of imidazole rings is 1. The van der Waals surface area contributed by atoms with Crippen LogP contribution in [0.2, 0.25) is 0 Å². The summed E-state index contributed by atoms with van der Waals surface area (Å²) in [7, 11) is 0. The molecule has 1 saturated heterocycles. The fourth-order valence-corrected chi connectivity index (χ4v) is 2.31. The summed E-state index contributed by atoms with van der Waals surface area (Å²) >= 11 is 0. The van der Waals surface area contributed by atoms with Crippen molar-refractivity contribution in [3.8, 4) is 0 Å². The Kier molecular flexibility index (Phi) is 3.24. The maximum absolute atomic E-state index is 10.9. The van der Waals surface area contributed by atoms with Crippen molar-refractivity contribution in [1.82, 2.24) is 14.5 Å². The minimum absolute atomic E-state index is 0.140. The van der Waals surface area contributed by atoms with E-state index in [1.807, 2.05) is 17.7 Å². The van der Waals surface area contributed by atoms with Crippen LogP contribution in [0.1, 0.15) is 13.3 Å². The van der Waals surface area contributed by atoms with Gasteiger partial charge >= 0.3 is 5.97 Å². The number of hydrogen-bond acceptors (Lipinski definition) is 3. The zero-order chi connectivity index (χ0) is 11.5. The minimum Gasteiger partial charge on any atom is -0.481 e. The molecule has 0 spiro atoms. The number of nitrogens with zero attached hydrogens (tertiary/aromatic N) is 3. The molecule has 0 radical (unpaired) electrons. The molecule has 1 aliphatic rings. The van der Waals surface area contributed by atoms with Crippen LogP contribution in [0.5, 0.6) is 0 Å². The van der Waals surface area contributed by atoms with E-state index >= 15 is 0 Å². The van der Waals surface area contributed by atoms with Crippen molar-refractivity contribution in [2.24, 2.45) is 5.92 Å². The molecule has 1 N–H and O–H groups in total. The van der Waals surface area contributed by atoms with Gasteiger partial charge in [0, 0.05) is 31.5 Å². The van der Waals surface area contributed by atoms with Gasteiger partial charge in [-0.2, -0.15) is 0 Å². The van der Waals surface area contributed by atoms with Crippen LogP contribution in [-0.4, -0.2) is 44.7 Å². The number of carboxylic acid groups (broad SMARTS) is 1. The monoisotopic (exact) mass is 223 g/mol. The Labute approximate surface area is 94.7 Å². The molecule has 5 nitrogen and oxygen atoms in total. The van der Waals surface area contributed by atoms with E-state index in [0.717, 1.165) is 26.1 Å². The molecule has 0 bridgehead atoms. The van der Waals surface area contributed by atoms with E-state index < -0.39 is 5.97 Å². The van der Waals surface area contributed by atoms with Gasteiger partial charge < -0.3 is 9.67 Å². The van der Waals surface area contributed by atoms with Gasteiger partial charge in [0.25, 0.3) is 0 Å². The van der Waals surface area contributed by atoms with Gasteiger partial charge in [-0.3, -0.25) is 9.69 Å². The van der Waals surface area contributed by atoms with E-state index in [9.17, 15) is 4.79 Å². The van der Waals surface area contributed by atoms with Crippen LogP contribution in [0, 0.1) is 5.92 Å². The second kappa shape index (κ2) is 4.65. The highest BCUT2D eigenvalue weighted by Gasteiger charge is 2.34. The molecule has 2 atom stereocenters. The number of hydrogen-bond donors (Lipinski definition) is 1. The standard InChI is InChI=1S/C11H17N3O2/c1-9-10(11(15)16)2-4-14(9)7-6-13-5-3-12-8-13/h3,5,8-10H,2,4,6-7H2,1H3,(H,15,16). The molecule has 0 amide bonds. The minimum atomic E-state index is -0.669. The van der Waals surface area contributed by atoms with Crippen LogP contribution in [0.4, 0.5) is 0 Å². The molecule has 1 aromatic heterocycles. The highest BCUT2D eigenvalue weighted by atomic mass is 16.4. The van der Waals surface area contributed by atoms with Gasteiger partial charge in [0.2, 0.25) is 0 Å². The fourth-order valence-electron chi connectivity index (χ4n) is 2.31. The van der Waals surface area contributed by atoms with Crippen LogP contribution >= 0.6 is 0 Å². The molecular weight excluding hydrogens is 206 g/mol. The summed E-state index contributed by atoms with van der Waals surface area (Å²) < 4.78 is 2.01. The Bertz CT molecular complexity index is 350. The zero-order valence-electron chi connectivity index (χ0n) is 9.41. The van der Waals surface area contributed by atoms with E-state index in [2.05, 4.69) is 9.88 Å². The van der Waals surface area contributed by atoms with Gasteiger partial charge in [-0.25, -0.2) is 4.98 Å². The molecule has 16 heavy (non-hydrogen) atoms. The largest absolute Gasteiger partial charge is 0.481 e. The lowest BCUT2D eigenvalue weighted by atomic mass is 10.0. The van der Waals surface area contributed by atoms with E-state index in [-0.39, 0.29) is 12.0 Å². The Hall–Kier alpha value is -1.36. The van der Waals surface area contributed by atoms with Crippen molar-refractivity contribution in [3.63, 3.8) is 0 Å². The summed E-state index contributed by atoms with van der Waals surface area (Å²) in [6.07, 6.45) is 6.23. The van der Waals surface area contributed by atoms with E-state index in [1.54, 1.807) is 12.5 Å². The van der Waals surface area contributed by atoms with Gasteiger partial charge in [0.1, 0.15) is 0 Å². The molecule has 5 heteroatoms. The molecule has 2 heterocycles. The first-order valence-electron chi connectivity index (χ1n) is 5.61. The Morgan fingerprint density at radius 1 is 1.56 bits per heavy atom. The smallest absolute Gasteiger partial charge is 0.308 e. The molecule has 1 fully saturated rings. The maximum Gasteiger partial charge on any atom is 0.308 e. The van der Waals surface area contributed by atoms with Gasteiger partial charge in [0.15, 0.2) is 0 Å². The van der Waals surface area contributed by atoms with E-state index in [4.69, 9.17) is 5.11 Å². The Morgan fingerprint density at radius 2 is 2.38 bits per heavy atom. The van der Waals surface area contributed by atoms with E-state index in [1.165, 1.54) is 0 Å². The SMILES string of the molecule is CC1C(C(=O)O)CCN1CCn1ccnc1. The first-order valence-corrected chi connectivity index (χ1v) is 5.61. The van der Waals surface area contributed by atoms with Crippen LogP contribution in [0.25, 0.3) is 0 Å². The van der Waals surface area contributed by atoms with Crippen molar-refractivity contribution in [1.29, 1.82) is 0 Å². The molecule has 0 saturated carbocycles. The summed E-state index contributed by atoms with van der Waals surface area (Å²) in [6.45, 7) is 4.64. The summed E-state index contributed by atoms with van der Waals surface area (Å²) in [4.78, 5) is 17.2. The Morgan fingerprint density at radius 3 is 2.94 bits per heavy atom.